The van der Waals surface area contributed by atoms with E-state index in [1.807, 2.05) is 0 Å². The van der Waals surface area contributed by atoms with Crippen LogP contribution in [-0.4, -0.2) is 20.4 Å². The molecule has 4 N–H and O–H groups in total. The number of nitrogens with one attached hydrogen (secondary N) is 2. The highest BCUT2D eigenvalue weighted by Crippen LogP contribution is 2.40. The second-order valence-electron chi connectivity index (χ2n) is 9.76. The lowest BCUT2D eigenvalue weighted by Crippen LogP contribution is -2.21. The zero-order chi connectivity index (χ0) is 30.0. The van der Waals surface area contributed by atoms with Crippen LogP contribution in [0.1, 0.15) is 47.9 Å². The maximum Gasteiger partial charge on any atom is 0.267 e. The first-order chi connectivity index (χ1) is 20.1. The summed E-state index contributed by atoms with van der Waals surface area (Å²) in [5.74, 6) is 1.39. The minimum Gasteiger partial charge on any atom is -0.434 e. The number of rotatable bonds is 4. The smallest absolute Gasteiger partial charge is 0.267 e. The SMILES string of the molecule is Nc1cc(Cl)c(Oc2n[nH]c(=O)c3c2CCCC3)c(Cl)c1.O=c1[nH]nc(Oc2c(Cl)cc(I)cc2Cl)c2c1CCCC2. The standard InChI is InChI=1S/C14H11Cl2IN2O2.C14H13Cl2N3O2/c2*15-10-5-7(17)6-11(16)12(10)21-14-9-4-2-1-3-8(9)13(20)18-19-14/h5-6H,1-4H2,(H,18,20);5-6H,1-4,17H2,(H,18,20). The summed E-state index contributed by atoms with van der Waals surface area (Å²) >= 11 is 26.7. The van der Waals surface area contributed by atoms with E-state index in [4.69, 9.17) is 61.6 Å². The number of nitrogens with zero attached hydrogens (tertiary/aromatic N) is 2. The maximum atomic E-state index is 11.8. The van der Waals surface area contributed by atoms with E-state index in [-0.39, 0.29) is 11.1 Å². The summed E-state index contributed by atoms with van der Waals surface area (Å²) in [6, 6.07) is 6.64. The van der Waals surface area contributed by atoms with Crippen molar-refractivity contribution in [1.29, 1.82) is 0 Å². The Balaban J connectivity index is 0.000000168. The second kappa shape index (κ2) is 13.4. The number of hydrogen-bond donors (Lipinski definition) is 3. The van der Waals surface area contributed by atoms with E-state index in [0.29, 0.717) is 49.0 Å². The summed E-state index contributed by atoms with van der Waals surface area (Å²) < 4.78 is 12.5. The van der Waals surface area contributed by atoms with Crippen LogP contribution in [0.25, 0.3) is 0 Å². The number of benzene rings is 2. The summed E-state index contributed by atoms with van der Waals surface area (Å²) in [6.07, 6.45) is 7.02. The van der Waals surface area contributed by atoms with Crippen LogP contribution in [0.3, 0.4) is 0 Å². The van der Waals surface area contributed by atoms with E-state index < -0.39 is 0 Å². The molecule has 0 unspecified atom stereocenters. The highest BCUT2D eigenvalue weighted by molar-refractivity contribution is 14.1. The number of aromatic nitrogens is 4. The lowest BCUT2D eigenvalue weighted by Gasteiger charge is -2.18. The molecule has 14 heteroatoms. The predicted molar refractivity (Wildman–Crippen MR) is 173 cm³/mol. The molecule has 0 spiro atoms. The number of hydrogen-bond acceptors (Lipinski definition) is 7. The van der Waals surface area contributed by atoms with Crippen LogP contribution in [0.2, 0.25) is 20.1 Å². The topological polar surface area (TPSA) is 136 Å². The Morgan fingerprint density at radius 3 is 1.40 bits per heavy atom. The van der Waals surface area contributed by atoms with Gasteiger partial charge in [-0.25, -0.2) is 10.2 Å². The van der Waals surface area contributed by atoms with E-state index in [2.05, 4.69) is 43.0 Å². The van der Waals surface area contributed by atoms with Crippen molar-refractivity contribution in [3.8, 4) is 23.3 Å². The number of ether oxygens (including phenoxy) is 2. The highest BCUT2D eigenvalue weighted by Gasteiger charge is 2.22. The molecule has 4 aromatic rings. The van der Waals surface area contributed by atoms with Crippen molar-refractivity contribution in [2.24, 2.45) is 0 Å². The van der Waals surface area contributed by atoms with E-state index in [9.17, 15) is 9.59 Å². The molecule has 2 aromatic heterocycles. The molecule has 0 atom stereocenters. The molecule has 2 aliphatic carbocycles. The molecule has 42 heavy (non-hydrogen) atoms. The maximum absolute atomic E-state index is 11.8. The minimum absolute atomic E-state index is 0.142. The van der Waals surface area contributed by atoms with Gasteiger partial charge in [0.05, 0.1) is 20.1 Å². The average Bonchev–Trinajstić information content (AvgIpc) is 2.95. The van der Waals surface area contributed by atoms with Crippen molar-refractivity contribution < 1.29 is 9.47 Å². The number of fused-ring (bicyclic) bond motifs is 2. The Bertz CT molecular complexity index is 1600. The lowest BCUT2D eigenvalue weighted by atomic mass is 9.94. The largest absolute Gasteiger partial charge is 0.434 e. The molecule has 2 heterocycles. The molecule has 9 nitrogen and oxygen atoms in total. The molecule has 0 radical (unpaired) electrons. The quantitative estimate of drug-likeness (QED) is 0.143. The molecule has 2 aliphatic rings. The van der Waals surface area contributed by atoms with Gasteiger partial charge in [-0.3, -0.25) is 9.59 Å². The monoisotopic (exact) mass is 761 g/mol. The third-order valence-electron chi connectivity index (χ3n) is 6.90. The summed E-state index contributed by atoms with van der Waals surface area (Å²) in [5, 5.41) is 14.4. The fraction of sp³-hybridized carbons (Fsp3) is 0.286. The van der Waals surface area contributed by atoms with Gasteiger partial charge in [0.25, 0.3) is 11.1 Å². The molecule has 0 bridgehead atoms. The molecule has 0 fully saturated rings. The number of H-pyrrole nitrogens is 2. The molecule has 0 aliphatic heterocycles. The van der Waals surface area contributed by atoms with Crippen LogP contribution in [0, 0.1) is 3.57 Å². The zero-order valence-electron chi connectivity index (χ0n) is 22.0. The van der Waals surface area contributed by atoms with Crippen LogP contribution < -0.4 is 26.3 Å². The first kappa shape index (κ1) is 30.9. The van der Waals surface area contributed by atoms with Crippen molar-refractivity contribution in [3.05, 3.63) is 90.9 Å². The van der Waals surface area contributed by atoms with Crippen LogP contribution in [0.5, 0.6) is 23.3 Å². The average molecular weight is 763 g/mol. The van der Waals surface area contributed by atoms with Gasteiger partial charge in [0.1, 0.15) is 0 Å². The number of halogens is 5. The molecular formula is C28H24Cl4IN5O4. The zero-order valence-corrected chi connectivity index (χ0v) is 27.1. The van der Waals surface area contributed by atoms with Crippen molar-refractivity contribution in [2.75, 3.05) is 5.73 Å². The van der Waals surface area contributed by atoms with Crippen molar-refractivity contribution >= 4 is 74.7 Å². The molecular weight excluding hydrogens is 739 g/mol. The van der Waals surface area contributed by atoms with E-state index in [0.717, 1.165) is 77.2 Å². The highest BCUT2D eigenvalue weighted by atomic mass is 127. The van der Waals surface area contributed by atoms with Gasteiger partial charge in [0.15, 0.2) is 11.5 Å². The van der Waals surface area contributed by atoms with Crippen LogP contribution in [-0.2, 0) is 25.7 Å². The molecule has 6 rings (SSSR count). The van der Waals surface area contributed by atoms with Gasteiger partial charge in [-0.15, -0.1) is 10.2 Å². The van der Waals surface area contributed by atoms with Gasteiger partial charge >= 0.3 is 0 Å². The van der Waals surface area contributed by atoms with Gasteiger partial charge in [0, 0.05) is 31.5 Å². The number of anilines is 1. The summed E-state index contributed by atoms with van der Waals surface area (Å²) in [6.45, 7) is 0. The number of nitrogens with two attached hydrogens (primary N) is 1. The normalized spacial score (nSPS) is 13.8. The first-order valence-corrected chi connectivity index (χ1v) is 15.7. The molecule has 0 saturated heterocycles. The summed E-state index contributed by atoms with van der Waals surface area (Å²) in [5.41, 5.74) is 8.98. The molecule has 220 valence electrons. The van der Waals surface area contributed by atoms with Gasteiger partial charge in [-0.1, -0.05) is 46.4 Å². The number of nitrogen functional groups attached to an aromatic ring is 1. The fourth-order valence-electron chi connectivity index (χ4n) is 4.92. The third kappa shape index (κ3) is 6.83. The van der Waals surface area contributed by atoms with Crippen LogP contribution >= 0.6 is 69.0 Å². The van der Waals surface area contributed by atoms with Crippen molar-refractivity contribution in [1.82, 2.24) is 20.4 Å². The second-order valence-corrected chi connectivity index (χ2v) is 12.6. The Morgan fingerprint density at radius 1 is 0.643 bits per heavy atom. The Morgan fingerprint density at radius 2 is 1.00 bits per heavy atom. The Kier molecular flexibility index (Phi) is 9.88. The van der Waals surface area contributed by atoms with Gasteiger partial charge in [0.2, 0.25) is 11.8 Å². The van der Waals surface area contributed by atoms with Crippen molar-refractivity contribution in [2.45, 2.75) is 51.4 Å². The number of aromatic amines is 2. The van der Waals surface area contributed by atoms with E-state index in [1.54, 1.807) is 24.3 Å². The minimum atomic E-state index is -0.161. The Hall–Kier alpha value is -2.51. The van der Waals surface area contributed by atoms with E-state index >= 15 is 0 Å². The molecule has 2 aromatic carbocycles. The third-order valence-corrected chi connectivity index (χ3v) is 8.65. The summed E-state index contributed by atoms with van der Waals surface area (Å²) in [4.78, 5) is 23.6. The molecule has 0 amide bonds. The Labute approximate surface area is 274 Å². The molecule has 0 saturated carbocycles. The predicted octanol–water partition coefficient (Wildman–Crippen LogP) is 7.68. The van der Waals surface area contributed by atoms with Gasteiger partial charge in [-0.2, -0.15) is 0 Å². The van der Waals surface area contributed by atoms with Crippen molar-refractivity contribution in [3.63, 3.8) is 0 Å². The van der Waals surface area contributed by atoms with Crippen LogP contribution in [0.15, 0.2) is 33.9 Å². The fourth-order valence-corrected chi connectivity index (χ4v) is 7.06. The first-order valence-electron chi connectivity index (χ1n) is 13.1. The van der Waals surface area contributed by atoms with Gasteiger partial charge in [-0.05, 0) is 98.2 Å². The van der Waals surface area contributed by atoms with Gasteiger partial charge < -0.3 is 15.2 Å². The van der Waals surface area contributed by atoms with Crippen LogP contribution in [0.4, 0.5) is 5.69 Å². The van der Waals surface area contributed by atoms with E-state index in [1.165, 1.54) is 0 Å². The summed E-state index contributed by atoms with van der Waals surface area (Å²) in [7, 11) is 0. The lowest BCUT2D eigenvalue weighted by molar-refractivity contribution is 0.440.